The molecule has 0 spiro atoms. The third kappa shape index (κ3) is 3.78. The van der Waals surface area contributed by atoms with Crippen molar-refractivity contribution in [3.05, 3.63) is 17.5 Å². The van der Waals surface area contributed by atoms with Crippen molar-refractivity contribution in [2.24, 2.45) is 11.8 Å². The van der Waals surface area contributed by atoms with Crippen molar-refractivity contribution in [2.45, 2.75) is 77.4 Å². The molecule has 0 unspecified atom stereocenters. The third-order valence-electron chi connectivity index (χ3n) is 6.94. The normalized spacial score (nSPS) is 29.3. The van der Waals surface area contributed by atoms with Crippen molar-refractivity contribution in [3.8, 4) is 0 Å². The second kappa shape index (κ2) is 8.03. The number of halogens is 2. The van der Waals surface area contributed by atoms with Crippen LogP contribution in [0.3, 0.4) is 0 Å². The van der Waals surface area contributed by atoms with Gasteiger partial charge in [0.15, 0.2) is 0 Å². The number of likely N-dealkylation sites (tertiary alicyclic amines) is 1. The molecule has 3 saturated heterocycles. The number of amides is 2. The van der Waals surface area contributed by atoms with Gasteiger partial charge in [-0.05, 0) is 50.5 Å². The molecule has 0 radical (unpaired) electrons. The number of rotatable bonds is 5. The zero-order chi connectivity index (χ0) is 20.7. The first kappa shape index (κ1) is 20.3. The van der Waals surface area contributed by atoms with E-state index in [0.717, 1.165) is 32.1 Å². The van der Waals surface area contributed by atoms with Crippen molar-refractivity contribution >= 4 is 11.8 Å². The highest BCUT2D eigenvalue weighted by molar-refractivity contribution is 5.78. The van der Waals surface area contributed by atoms with Gasteiger partial charge in [-0.1, -0.05) is 13.3 Å². The predicted octanol–water partition coefficient (Wildman–Crippen LogP) is 3.16. The van der Waals surface area contributed by atoms with E-state index in [9.17, 15) is 18.4 Å². The standard InChI is InChI=1S/C21H30F2N4O2/c1-3-5-17-14-9-15(18-6-4-7-19(28)27(17)18)11-25(10-14)20(29)12-26-13(2)8-16(24-26)21(22)23/h8,14-15,17-18,21H,3-7,9-12H2,1-2H3/t14-,15+,17-,18-/m0/s1. The SMILES string of the molecule is CCC[C@H]1[C@H]2C[C@H](CN(C(=O)Cn3nc(C(F)F)cc3C)C2)[C@@H]2CCCC(=O)N21. The van der Waals surface area contributed by atoms with Crippen LogP contribution in [0.1, 0.15) is 63.3 Å². The van der Waals surface area contributed by atoms with Crippen molar-refractivity contribution < 1.29 is 18.4 Å². The number of aromatic nitrogens is 2. The van der Waals surface area contributed by atoms with Crippen LogP contribution in [0, 0.1) is 18.8 Å². The Labute approximate surface area is 170 Å². The van der Waals surface area contributed by atoms with Gasteiger partial charge < -0.3 is 9.80 Å². The molecule has 160 valence electrons. The van der Waals surface area contributed by atoms with Gasteiger partial charge in [-0.15, -0.1) is 0 Å². The van der Waals surface area contributed by atoms with E-state index in [2.05, 4.69) is 16.9 Å². The first-order valence-corrected chi connectivity index (χ1v) is 10.8. The summed E-state index contributed by atoms with van der Waals surface area (Å²) in [5.74, 6) is 0.815. The van der Waals surface area contributed by atoms with Gasteiger partial charge in [0, 0.05) is 37.3 Å². The number of fused-ring (bicyclic) bond motifs is 4. The van der Waals surface area contributed by atoms with E-state index in [1.54, 1.807) is 6.92 Å². The molecule has 4 atom stereocenters. The molecule has 2 bridgehead atoms. The molecule has 8 heteroatoms. The van der Waals surface area contributed by atoms with Crippen LogP contribution in [0.4, 0.5) is 8.78 Å². The van der Waals surface area contributed by atoms with Crippen LogP contribution in [-0.2, 0) is 16.1 Å². The average molecular weight is 408 g/mol. The number of hydrogen-bond donors (Lipinski definition) is 0. The van der Waals surface area contributed by atoms with Crippen molar-refractivity contribution in [1.82, 2.24) is 19.6 Å². The summed E-state index contributed by atoms with van der Waals surface area (Å²) in [5, 5.41) is 3.90. The number of piperidine rings is 3. The monoisotopic (exact) mass is 408 g/mol. The molecule has 29 heavy (non-hydrogen) atoms. The van der Waals surface area contributed by atoms with Crippen LogP contribution in [0.25, 0.3) is 0 Å². The summed E-state index contributed by atoms with van der Waals surface area (Å²) in [6.45, 7) is 5.11. The summed E-state index contributed by atoms with van der Waals surface area (Å²) in [6, 6.07) is 1.78. The largest absolute Gasteiger partial charge is 0.340 e. The summed E-state index contributed by atoms with van der Waals surface area (Å²) >= 11 is 0. The molecule has 3 fully saturated rings. The lowest BCUT2D eigenvalue weighted by Gasteiger charge is -2.56. The number of carbonyl (C=O) groups is 2. The summed E-state index contributed by atoms with van der Waals surface area (Å²) < 4.78 is 27.2. The van der Waals surface area contributed by atoms with Crippen LogP contribution >= 0.6 is 0 Å². The molecule has 1 aromatic heterocycles. The number of hydrogen-bond acceptors (Lipinski definition) is 3. The van der Waals surface area contributed by atoms with Crippen LogP contribution in [0.15, 0.2) is 6.07 Å². The van der Waals surface area contributed by atoms with E-state index >= 15 is 0 Å². The smallest absolute Gasteiger partial charge is 0.282 e. The molecule has 4 heterocycles. The fourth-order valence-corrected chi connectivity index (χ4v) is 5.68. The van der Waals surface area contributed by atoms with E-state index in [4.69, 9.17) is 0 Å². The van der Waals surface area contributed by atoms with Gasteiger partial charge >= 0.3 is 0 Å². The first-order chi connectivity index (χ1) is 13.9. The lowest BCUT2D eigenvalue weighted by Crippen LogP contribution is -2.65. The van der Waals surface area contributed by atoms with Crippen molar-refractivity contribution in [1.29, 1.82) is 0 Å². The summed E-state index contributed by atoms with van der Waals surface area (Å²) in [5.41, 5.74) is 0.281. The van der Waals surface area contributed by atoms with E-state index in [1.165, 1.54) is 10.7 Å². The number of carbonyl (C=O) groups excluding carboxylic acids is 2. The molecule has 0 aliphatic carbocycles. The van der Waals surface area contributed by atoms with Gasteiger partial charge in [0.25, 0.3) is 6.43 Å². The molecular formula is C21H30F2N4O2. The lowest BCUT2D eigenvalue weighted by molar-refractivity contribution is -0.156. The Balaban J connectivity index is 1.51. The molecule has 1 aromatic rings. The van der Waals surface area contributed by atoms with Gasteiger partial charge in [0.2, 0.25) is 11.8 Å². The second-order valence-electron chi connectivity index (χ2n) is 8.84. The van der Waals surface area contributed by atoms with E-state index in [-0.39, 0.29) is 36.1 Å². The molecule has 2 amide bonds. The van der Waals surface area contributed by atoms with Crippen LogP contribution in [-0.4, -0.2) is 56.6 Å². The highest BCUT2D eigenvalue weighted by Gasteiger charge is 2.49. The molecule has 0 aromatic carbocycles. The third-order valence-corrected chi connectivity index (χ3v) is 6.94. The molecule has 4 rings (SSSR count). The minimum Gasteiger partial charge on any atom is -0.340 e. The number of alkyl halides is 2. The molecule has 0 saturated carbocycles. The van der Waals surface area contributed by atoms with Crippen LogP contribution in [0.2, 0.25) is 0 Å². The average Bonchev–Trinajstić information content (AvgIpc) is 3.06. The molecule has 0 N–H and O–H groups in total. The Hall–Kier alpha value is -1.99. The maximum Gasteiger partial charge on any atom is 0.282 e. The van der Waals surface area contributed by atoms with Crippen molar-refractivity contribution in [3.63, 3.8) is 0 Å². The molecule has 3 aliphatic rings. The minimum atomic E-state index is -2.64. The number of nitrogens with zero attached hydrogens (tertiary/aromatic N) is 4. The summed E-state index contributed by atoms with van der Waals surface area (Å²) in [4.78, 5) is 29.7. The van der Waals surface area contributed by atoms with Gasteiger partial charge in [-0.25, -0.2) is 8.78 Å². The van der Waals surface area contributed by atoms with E-state index in [0.29, 0.717) is 37.0 Å². The zero-order valence-electron chi connectivity index (χ0n) is 17.2. The van der Waals surface area contributed by atoms with Crippen molar-refractivity contribution in [2.75, 3.05) is 13.1 Å². The Morgan fingerprint density at radius 2 is 2.07 bits per heavy atom. The number of aryl methyl sites for hydroxylation is 1. The maximum absolute atomic E-state index is 13.0. The predicted molar refractivity (Wildman–Crippen MR) is 103 cm³/mol. The minimum absolute atomic E-state index is 0.0102. The quantitative estimate of drug-likeness (QED) is 0.752. The van der Waals surface area contributed by atoms with Crippen LogP contribution in [0.5, 0.6) is 0 Å². The lowest BCUT2D eigenvalue weighted by atomic mass is 9.71. The molecule has 3 aliphatic heterocycles. The second-order valence-corrected chi connectivity index (χ2v) is 8.84. The van der Waals surface area contributed by atoms with Crippen LogP contribution < -0.4 is 0 Å². The topological polar surface area (TPSA) is 58.4 Å². The summed E-state index contributed by atoms with van der Waals surface area (Å²) in [6.07, 6.45) is 3.00. The molecule has 6 nitrogen and oxygen atoms in total. The van der Waals surface area contributed by atoms with Gasteiger partial charge in [0.1, 0.15) is 12.2 Å². The fraction of sp³-hybridized carbons (Fsp3) is 0.762. The maximum atomic E-state index is 13.0. The Morgan fingerprint density at radius 3 is 2.76 bits per heavy atom. The Morgan fingerprint density at radius 1 is 1.31 bits per heavy atom. The molecular weight excluding hydrogens is 378 g/mol. The van der Waals surface area contributed by atoms with E-state index < -0.39 is 6.43 Å². The highest BCUT2D eigenvalue weighted by atomic mass is 19.3. The van der Waals surface area contributed by atoms with Gasteiger partial charge in [0.05, 0.1) is 0 Å². The van der Waals surface area contributed by atoms with Gasteiger partial charge in [-0.3, -0.25) is 14.3 Å². The van der Waals surface area contributed by atoms with Gasteiger partial charge in [-0.2, -0.15) is 5.10 Å². The Kier molecular flexibility index (Phi) is 5.62. The highest BCUT2D eigenvalue weighted by Crippen LogP contribution is 2.42. The van der Waals surface area contributed by atoms with E-state index in [1.807, 2.05) is 4.90 Å². The zero-order valence-corrected chi connectivity index (χ0v) is 17.2. The summed E-state index contributed by atoms with van der Waals surface area (Å²) in [7, 11) is 0. The first-order valence-electron chi connectivity index (χ1n) is 10.8. The fourth-order valence-electron chi connectivity index (χ4n) is 5.68. The Bertz CT molecular complexity index is 781.